The first-order valence-electron chi connectivity index (χ1n) is 13.8. The summed E-state index contributed by atoms with van der Waals surface area (Å²) < 4.78 is 18.7. The largest absolute Gasteiger partial charge is 0.485 e. The van der Waals surface area contributed by atoms with Gasteiger partial charge in [-0.15, -0.1) is 0 Å². The lowest BCUT2D eigenvalue weighted by Gasteiger charge is -2.19. The molecule has 0 saturated heterocycles. The number of nitro benzene ring substituents is 1. The Bertz CT molecular complexity index is 1660. The van der Waals surface area contributed by atoms with Crippen molar-refractivity contribution in [3.05, 3.63) is 165 Å². The van der Waals surface area contributed by atoms with Crippen molar-refractivity contribution in [3.63, 3.8) is 0 Å². The van der Waals surface area contributed by atoms with Crippen LogP contribution in [0.25, 0.3) is 0 Å². The molecule has 0 unspecified atom stereocenters. The second-order valence-corrected chi connectivity index (χ2v) is 9.68. The molecule has 5 aromatic carbocycles. The Balaban J connectivity index is 1.45. The minimum atomic E-state index is -0.532. The topological polar surface area (TPSA) is 112 Å². The van der Waals surface area contributed by atoms with E-state index in [2.05, 4.69) is 10.5 Å². The number of ether oxygens (including phenoxy) is 3. The fourth-order valence-corrected chi connectivity index (χ4v) is 4.21. The predicted molar refractivity (Wildman–Crippen MR) is 167 cm³/mol. The first-order chi connectivity index (χ1) is 21.5. The second kappa shape index (κ2) is 14.8. The van der Waals surface area contributed by atoms with E-state index in [-0.39, 0.29) is 31.1 Å². The number of hydrogen-bond acceptors (Lipinski definition) is 7. The van der Waals surface area contributed by atoms with Crippen molar-refractivity contribution in [1.82, 2.24) is 5.43 Å². The Morgan fingerprint density at radius 3 is 1.68 bits per heavy atom. The van der Waals surface area contributed by atoms with Crippen molar-refractivity contribution in [2.24, 2.45) is 5.10 Å². The Morgan fingerprint density at radius 1 is 0.682 bits per heavy atom. The summed E-state index contributed by atoms with van der Waals surface area (Å²) in [5, 5.41) is 15.1. The summed E-state index contributed by atoms with van der Waals surface area (Å²) in [5.41, 5.74) is 5.91. The molecule has 0 saturated carbocycles. The molecule has 220 valence electrons. The van der Waals surface area contributed by atoms with Gasteiger partial charge in [-0.25, -0.2) is 5.43 Å². The van der Waals surface area contributed by atoms with E-state index in [1.54, 1.807) is 24.3 Å². The van der Waals surface area contributed by atoms with Crippen molar-refractivity contribution in [2.75, 3.05) is 0 Å². The van der Waals surface area contributed by atoms with Crippen LogP contribution >= 0.6 is 0 Å². The molecule has 0 aliphatic heterocycles. The lowest BCUT2D eigenvalue weighted by Crippen LogP contribution is -2.18. The highest BCUT2D eigenvalue weighted by Gasteiger charge is 2.20. The molecule has 1 N–H and O–H groups in total. The fraction of sp³-hybridized carbons (Fsp3) is 0.0857. The SMILES string of the molecule is O=C(NN=Cc1cccc([N+](=O)[O-])c1)c1cc(OCc2ccccc2)c(OCc2ccccc2)c(OCc2ccccc2)c1. The maximum Gasteiger partial charge on any atom is 0.271 e. The standard InChI is InChI=1S/C35H29N3O6/c39-35(37-36-22-29-17-10-18-31(19-29)38(40)41)30-20-32(42-23-26-11-4-1-5-12-26)34(44-25-28-15-8-3-9-16-28)33(21-30)43-24-27-13-6-2-7-14-27/h1-22H,23-25H2,(H,37,39). The van der Waals surface area contributed by atoms with Crippen molar-refractivity contribution in [2.45, 2.75) is 19.8 Å². The molecule has 0 aliphatic rings. The van der Waals surface area contributed by atoms with Crippen LogP contribution in [0.5, 0.6) is 17.2 Å². The van der Waals surface area contributed by atoms with Gasteiger partial charge in [-0.2, -0.15) is 5.10 Å². The zero-order valence-corrected chi connectivity index (χ0v) is 23.7. The van der Waals surface area contributed by atoms with E-state index >= 15 is 0 Å². The molecule has 0 fully saturated rings. The van der Waals surface area contributed by atoms with Crippen LogP contribution in [-0.2, 0) is 19.8 Å². The summed E-state index contributed by atoms with van der Waals surface area (Å²) in [6, 6.07) is 38.1. The molecule has 0 atom stereocenters. The van der Waals surface area contributed by atoms with Gasteiger partial charge in [0.15, 0.2) is 11.5 Å². The van der Waals surface area contributed by atoms with Crippen LogP contribution in [0.2, 0.25) is 0 Å². The Morgan fingerprint density at radius 2 is 1.18 bits per heavy atom. The highest BCUT2D eigenvalue weighted by molar-refractivity contribution is 5.96. The lowest BCUT2D eigenvalue weighted by molar-refractivity contribution is -0.384. The van der Waals surface area contributed by atoms with Crippen molar-refractivity contribution in [1.29, 1.82) is 0 Å². The van der Waals surface area contributed by atoms with Gasteiger partial charge in [0.1, 0.15) is 19.8 Å². The molecule has 5 rings (SSSR count). The third-order valence-electron chi connectivity index (χ3n) is 6.44. The molecule has 9 heteroatoms. The van der Waals surface area contributed by atoms with Gasteiger partial charge in [0, 0.05) is 23.3 Å². The van der Waals surface area contributed by atoms with Gasteiger partial charge >= 0.3 is 0 Å². The number of non-ortho nitro benzene ring substituents is 1. The van der Waals surface area contributed by atoms with Crippen LogP contribution in [0.1, 0.15) is 32.6 Å². The molecule has 0 aromatic heterocycles. The van der Waals surface area contributed by atoms with E-state index in [0.717, 1.165) is 16.7 Å². The zero-order chi connectivity index (χ0) is 30.6. The Labute approximate surface area is 254 Å². The van der Waals surface area contributed by atoms with Crippen LogP contribution in [0.15, 0.2) is 132 Å². The quantitative estimate of drug-likeness (QED) is 0.0894. The average Bonchev–Trinajstić information content (AvgIpc) is 3.07. The zero-order valence-electron chi connectivity index (χ0n) is 23.7. The number of nitrogens with zero attached hydrogens (tertiary/aromatic N) is 2. The van der Waals surface area contributed by atoms with Gasteiger partial charge in [0.05, 0.1) is 11.1 Å². The molecule has 0 radical (unpaired) electrons. The van der Waals surface area contributed by atoms with E-state index in [1.165, 1.54) is 18.3 Å². The number of hydrazone groups is 1. The van der Waals surface area contributed by atoms with E-state index in [9.17, 15) is 14.9 Å². The smallest absolute Gasteiger partial charge is 0.271 e. The van der Waals surface area contributed by atoms with Gasteiger partial charge in [-0.05, 0) is 28.8 Å². The highest BCUT2D eigenvalue weighted by atomic mass is 16.6. The minimum absolute atomic E-state index is 0.0771. The average molecular weight is 588 g/mol. The van der Waals surface area contributed by atoms with Gasteiger partial charge in [-0.1, -0.05) is 103 Å². The van der Waals surface area contributed by atoms with Crippen molar-refractivity contribution < 1.29 is 23.9 Å². The summed E-state index contributed by atoms with van der Waals surface area (Å²) in [6.45, 7) is 0.719. The van der Waals surface area contributed by atoms with Crippen LogP contribution in [0.3, 0.4) is 0 Å². The summed E-state index contributed by atoms with van der Waals surface area (Å²) in [4.78, 5) is 23.9. The minimum Gasteiger partial charge on any atom is -0.485 e. The maximum absolute atomic E-state index is 13.3. The predicted octanol–water partition coefficient (Wildman–Crippen LogP) is 7.10. The molecule has 0 aliphatic carbocycles. The number of nitrogens with one attached hydrogen (secondary N) is 1. The second-order valence-electron chi connectivity index (χ2n) is 9.68. The van der Waals surface area contributed by atoms with Crippen LogP contribution in [0, 0.1) is 10.1 Å². The van der Waals surface area contributed by atoms with Crippen LogP contribution < -0.4 is 19.6 Å². The third-order valence-corrected chi connectivity index (χ3v) is 6.44. The lowest BCUT2D eigenvalue weighted by atomic mass is 10.1. The summed E-state index contributed by atoms with van der Waals surface area (Å²) in [5.74, 6) is 0.471. The number of benzene rings is 5. The van der Waals surface area contributed by atoms with Crippen molar-refractivity contribution >= 4 is 17.8 Å². The molecule has 0 bridgehead atoms. The maximum atomic E-state index is 13.3. The van der Waals surface area contributed by atoms with Gasteiger partial charge in [0.25, 0.3) is 11.6 Å². The van der Waals surface area contributed by atoms with E-state index in [4.69, 9.17) is 14.2 Å². The Kier molecular flexibility index (Phi) is 9.92. The van der Waals surface area contributed by atoms with E-state index in [1.807, 2.05) is 91.0 Å². The molecular weight excluding hydrogens is 558 g/mol. The normalized spacial score (nSPS) is 10.7. The first kappa shape index (κ1) is 29.5. The summed E-state index contributed by atoms with van der Waals surface area (Å²) in [7, 11) is 0. The Hall–Kier alpha value is -5.96. The highest BCUT2D eigenvalue weighted by Crippen LogP contribution is 2.40. The molecule has 5 aromatic rings. The van der Waals surface area contributed by atoms with Crippen LogP contribution in [-0.4, -0.2) is 17.0 Å². The summed E-state index contributed by atoms with van der Waals surface area (Å²) in [6.07, 6.45) is 1.34. The number of hydrogen-bond donors (Lipinski definition) is 1. The van der Waals surface area contributed by atoms with E-state index in [0.29, 0.717) is 22.8 Å². The number of carbonyl (C=O) groups excluding carboxylic acids is 1. The molecule has 9 nitrogen and oxygen atoms in total. The number of amides is 1. The van der Waals surface area contributed by atoms with Gasteiger partial charge in [0.2, 0.25) is 5.75 Å². The van der Waals surface area contributed by atoms with Crippen LogP contribution in [0.4, 0.5) is 5.69 Å². The van der Waals surface area contributed by atoms with E-state index < -0.39 is 10.8 Å². The number of rotatable bonds is 13. The number of nitro groups is 1. The molecule has 1 amide bonds. The summed E-state index contributed by atoms with van der Waals surface area (Å²) >= 11 is 0. The molecule has 44 heavy (non-hydrogen) atoms. The number of carbonyl (C=O) groups is 1. The molecule has 0 heterocycles. The fourth-order valence-electron chi connectivity index (χ4n) is 4.21. The molecular formula is C35H29N3O6. The van der Waals surface area contributed by atoms with Crippen molar-refractivity contribution in [3.8, 4) is 17.2 Å². The van der Waals surface area contributed by atoms with Gasteiger partial charge < -0.3 is 14.2 Å². The monoisotopic (exact) mass is 587 g/mol. The van der Waals surface area contributed by atoms with Gasteiger partial charge in [-0.3, -0.25) is 14.9 Å². The molecule has 0 spiro atoms. The first-order valence-corrected chi connectivity index (χ1v) is 13.8. The third kappa shape index (κ3) is 8.29.